The molecular weight excluding hydrogens is 262 g/mol. The second-order valence-electron chi connectivity index (χ2n) is 6.19. The lowest BCUT2D eigenvalue weighted by molar-refractivity contribution is -0.0620. The molecule has 0 aromatic rings. The van der Waals surface area contributed by atoms with Crippen molar-refractivity contribution in [2.24, 2.45) is 0 Å². The summed E-state index contributed by atoms with van der Waals surface area (Å²) in [6.45, 7) is 9.03. The van der Waals surface area contributed by atoms with Gasteiger partial charge < -0.3 is 24.6 Å². The summed E-state index contributed by atoms with van der Waals surface area (Å²) >= 11 is 0. The fourth-order valence-corrected chi connectivity index (χ4v) is 2.01. The molecule has 0 aromatic carbocycles. The van der Waals surface area contributed by atoms with Gasteiger partial charge in [-0.05, 0) is 27.2 Å². The van der Waals surface area contributed by atoms with Gasteiger partial charge in [0.2, 0.25) is 0 Å². The van der Waals surface area contributed by atoms with Crippen LogP contribution in [0.3, 0.4) is 0 Å². The SMILES string of the molecule is C=CC[C@@]1(O)CO[C@H](CO)CN(C(=O)OC(C)(C)C)C1. The molecule has 0 unspecified atom stereocenters. The third-order valence-corrected chi connectivity index (χ3v) is 2.88. The summed E-state index contributed by atoms with van der Waals surface area (Å²) in [6, 6.07) is 0. The highest BCUT2D eigenvalue weighted by Gasteiger charge is 2.37. The number of ether oxygens (including phenoxy) is 2. The van der Waals surface area contributed by atoms with Crippen molar-refractivity contribution in [2.45, 2.75) is 44.5 Å². The molecule has 2 N–H and O–H groups in total. The Morgan fingerprint density at radius 3 is 2.75 bits per heavy atom. The second kappa shape index (κ2) is 6.56. The number of rotatable bonds is 3. The van der Waals surface area contributed by atoms with Gasteiger partial charge in [-0.3, -0.25) is 0 Å². The van der Waals surface area contributed by atoms with Crippen LogP contribution in [-0.4, -0.2) is 64.8 Å². The van der Waals surface area contributed by atoms with Gasteiger partial charge in [-0.25, -0.2) is 4.79 Å². The lowest BCUT2D eigenvalue weighted by atomic mass is 10.0. The molecule has 0 saturated carbocycles. The topological polar surface area (TPSA) is 79.2 Å². The van der Waals surface area contributed by atoms with Crippen LogP contribution in [0, 0.1) is 0 Å². The summed E-state index contributed by atoms with van der Waals surface area (Å²) in [5, 5.41) is 19.7. The molecule has 1 aliphatic heterocycles. The molecule has 0 radical (unpaired) electrons. The Hall–Kier alpha value is -1.11. The molecule has 1 fully saturated rings. The average Bonchev–Trinajstić information content (AvgIpc) is 2.47. The van der Waals surface area contributed by atoms with Crippen LogP contribution in [-0.2, 0) is 9.47 Å². The third kappa shape index (κ3) is 5.11. The van der Waals surface area contributed by atoms with Crippen molar-refractivity contribution in [3.05, 3.63) is 12.7 Å². The first-order valence-corrected chi connectivity index (χ1v) is 6.73. The highest BCUT2D eigenvalue weighted by molar-refractivity contribution is 5.68. The number of β-amino-alcohol motifs (C(OH)–C–C–N with tert-alkyl or cyclic N) is 1. The van der Waals surface area contributed by atoms with Crippen LogP contribution in [0.5, 0.6) is 0 Å². The van der Waals surface area contributed by atoms with E-state index in [-0.39, 0.29) is 26.3 Å². The maximum Gasteiger partial charge on any atom is 0.410 e. The summed E-state index contributed by atoms with van der Waals surface area (Å²) < 4.78 is 10.7. The Morgan fingerprint density at radius 1 is 1.60 bits per heavy atom. The summed E-state index contributed by atoms with van der Waals surface area (Å²) in [7, 11) is 0. The van der Waals surface area contributed by atoms with Crippen LogP contribution in [0.1, 0.15) is 27.2 Å². The molecule has 1 heterocycles. The molecule has 1 saturated heterocycles. The Morgan fingerprint density at radius 2 is 2.25 bits per heavy atom. The lowest BCUT2D eigenvalue weighted by Gasteiger charge is -2.31. The molecule has 2 atom stereocenters. The molecule has 20 heavy (non-hydrogen) atoms. The quantitative estimate of drug-likeness (QED) is 0.755. The zero-order valence-corrected chi connectivity index (χ0v) is 12.5. The minimum Gasteiger partial charge on any atom is -0.444 e. The average molecular weight is 287 g/mol. The summed E-state index contributed by atoms with van der Waals surface area (Å²) in [4.78, 5) is 13.5. The standard InChI is InChI=1S/C14H25NO5/c1-5-6-14(18)9-15(7-11(8-16)19-10-14)12(17)20-13(2,3)4/h5,11,16,18H,1,6-10H2,2-4H3/t11-,14-/m0/s1. The Bertz CT molecular complexity index is 352. The monoisotopic (exact) mass is 287 g/mol. The van der Waals surface area contributed by atoms with E-state index in [0.717, 1.165) is 0 Å². The minimum absolute atomic E-state index is 0.0452. The molecule has 0 aliphatic carbocycles. The molecule has 6 heteroatoms. The van der Waals surface area contributed by atoms with Crippen LogP contribution in [0.25, 0.3) is 0 Å². The maximum atomic E-state index is 12.1. The first-order valence-electron chi connectivity index (χ1n) is 6.73. The zero-order valence-electron chi connectivity index (χ0n) is 12.5. The van der Waals surface area contributed by atoms with Gasteiger partial charge in [0.25, 0.3) is 0 Å². The normalized spacial score (nSPS) is 27.9. The van der Waals surface area contributed by atoms with Crippen molar-refractivity contribution in [1.29, 1.82) is 0 Å². The van der Waals surface area contributed by atoms with Crippen LogP contribution in [0.2, 0.25) is 0 Å². The second-order valence-corrected chi connectivity index (χ2v) is 6.19. The van der Waals surface area contributed by atoms with Gasteiger partial charge >= 0.3 is 6.09 Å². The lowest BCUT2D eigenvalue weighted by Crippen LogP contribution is -2.48. The number of nitrogens with zero attached hydrogens (tertiary/aromatic N) is 1. The van der Waals surface area contributed by atoms with Crippen LogP contribution < -0.4 is 0 Å². The number of carbonyl (C=O) groups excluding carboxylic acids is 1. The Balaban J connectivity index is 2.84. The van der Waals surface area contributed by atoms with Crippen LogP contribution in [0.4, 0.5) is 4.79 Å². The number of amides is 1. The smallest absolute Gasteiger partial charge is 0.410 e. The van der Waals surface area contributed by atoms with Gasteiger partial charge in [-0.2, -0.15) is 0 Å². The fraction of sp³-hybridized carbons (Fsp3) is 0.786. The predicted octanol–water partition coefficient (Wildman–Crippen LogP) is 0.922. The van der Waals surface area contributed by atoms with Crippen molar-refractivity contribution in [3.8, 4) is 0 Å². The van der Waals surface area contributed by atoms with Crippen molar-refractivity contribution in [2.75, 3.05) is 26.3 Å². The van der Waals surface area contributed by atoms with Gasteiger partial charge in [-0.15, -0.1) is 6.58 Å². The molecule has 6 nitrogen and oxygen atoms in total. The zero-order chi connectivity index (χ0) is 15.4. The van der Waals surface area contributed by atoms with E-state index < -0.39 is 23.4 Å². The van der Waals surface area contributed by atoms with E-state index in [1.807, 2.05) is 0 Å². The minimum atomic E-state index is -1.21. The number of carbonyl (C=O) groups is 1. The first-order chi connectivity index (χ1) is 9.19. The van der Waals surface area contributed by atoms with Crippen LogP contribution in [0.15, 0.2) is 12.7 Å². The van der Waals surface area contributed by atoms with E-state index in [9.17, 15) is 15.0 Å². The van der Waals surface area contributed by atoms with Crippen molar-refractivity contribution < 1.29 is 24.5 Å². The van der Waals surface area contributed by atoms with E-state index in [0.29, 0.717) is 6.42 Å². The van der Waals surface area contributed by atoms with E-state index in [1.165, 1.54) is 4.90 Å². The summed E-state index contributed by atoms with van der Waals surface area (Å²) in [5.74, 6) is 0. The predicted molar refractivity (Wildman–Crippen MR) is 74.4 cm³/mol. The maximum absolute atomic E-state index is 12.1. The first kappa shape index (κ1) is 16.9. The van der Waals surface area contributed by atoms with Gasteiger partial charge in [0, 0.05) is 0 Å². The molecule has 1 aliphatic rings. The fourth-order valence-electron chi connectivity index (χ4n) is 2.01. The number of aliphatic hydroxyl groups excluding tert-OH is 1. The number of hydrogen-bond donors (Lipinski definition) is 2. The molecule has 1 amide bonds. The van der Waals surface area contributed by atoms with E-state index >= 15 is 0 Å². The van der Waals surface area contributed by atoms with Gasteiger partial charge in [0.05, 0.1) is 32.4 Å². The summed E-state index contributed by atoms with van der Waals surface area (Å²) in [6.07, 6.45) is 0.825. The van der Waals surface area contributed by atoms with E-state index in [2.05, 4.69) is 6.58 Å². The van der Waals surface area contributed by atoms with Gasteiger partial charge in [0.15, 0.2) is 0 Å². The molecule has 0 bridgehead atoms. The molecular formula is C14H25NO5. The van der Waals surface area contributed by atoms with E-state index in [1.54, 1.807) is 26.8 Å². The number of aliphatic hydroxyl groups is 2. The highest BCUT2D eigenvalue weighted by Crippen LogP contribution is 2.21. The van der Waals surface area contributed by atoms with Gasteiger partial charge in [0.1, 0.15) is 11.2 Å². The Labute approximate surface area is 120 Å². The number of hydrogen-bond acceptors (Lipinski definition) is 5. The third-order valence-electron chi connectivity index (χ3n) is 2.88. The molecule has 116 valence electrons. The Kier molecular flexibility index (Phi) is 5.56. The molecule has 1 rings (SSSR count). The van der Waals surface area contributed by atoms with E-state index in [4.69, 9.17) is 9.47 Å². The summed E-state index contributed by atoms with van der Waals surface area (Å²) in [5.41, 5.74) is -1.82. The molecule has 0 aromatic heterocycles. The van der Waals surface area contributed by atoms with Crippen molar-refractivity contribution >= 4 is 6.09 Å². The highest BCUT2D eigenvalue weighted by atomic mass is 16.6. The largest absolute Gasteiger partial charge is 0.444 e. The molecule has 0 spiro atoms. The van der Waals surface area contributed by atoms with Gasteiger partial charge in [-0.1, -0.05) is 6.08 Å². The van der Waals surface area contributed by atoms with Crippen LogP contribution >= 0.6 is 0 Å². The van der Waals surface area contributed by atoms with Crippen molar-refractivity contribution in [3.63, 3.8) is 0 Å². The van der Waals surface area contributed by atoms with Crippen molar-refractivity contribution in [1.82, 2.24) is 4.90 Å².